The van der Waals surface area contributed by atoms with Crippen LogP contribution in [0.2, 0.25) is 5.02 Å². The molecule has 1 aromatic rings. The molecule has 2 heterocycles. The van der Waals surface area contributed by atoms with Gasteiger partial charge >= 0.3 is 0 Å². The molecule has 0 radical (unpaired) electrons. The predicted octanol–water partition coefficient (Wildman–Crippen LogP) is 1.96. The lowest BCUT2D eigenvalue weighted by molar-refractivity contribution is -0.115. The van der Waals surface area contributed by atoms with Crippen LogP contribution < -0.4 is 4.90 Å². The molecule has 0 aromatic heterocycles. The Balaban J connectivity index is 2.07. The van der Waals surface area contributed by atoms with Gasteiger partial charge in [-0.1, -0.05) is 35.5 Å². The average molecular weight is 345 g/mol. The van der Waals surface area contributed by atoms with Crippen LogP contribution in [0.15, 0.2) is 29.3 Å². The Hall–Kier alpha value is -1.05. The highest BCUT2D eigenvalue weighted by molar-refractivity contribution is 8.16. The monoisotopic (exact) mass is 344 g/mol. The zero-order chi connectivity index (χ0) is 15.2. The molecule has 0 unspecified atom stereocenters. The van der Waals surface area contributed by atoms with E-state index in [1.54, 1.807) is 17.0 Å². The minimum atomic E-state index is -3.06. The Bertz CT molecular complexity index is 733. The van der Waals surface area contributed by atoms with E-state index < -0.39 is 9.84 Å². The number of benzene rings is 1. The van der Waals surface area contributed by atoms with Crippen LogP contribution in [0.1, 0.15) is 6.92 Å². The van der Waals surface area contributed by atoms with E-state index in [0.29, 0.717) is 15.9 Å². The minimum absolute atomic E-state index is 0.0623. The normalized spacial score (nSPS) is 28.9. The highest BCUT2D eigenvalue weighted by Crippen LogP contribution is 2.42. The number of hydrogen-bond donors (Lipinski definition) is 0. The number of hydrogen-bond acceptors (Lipinski definition) is 4. The molecule has 1 aromatic carbocycles. The number of aliphatic imine (C=N–C) groups is 1. The third kappa shape index (κ3) is 2.82. The van der Waals surface area contributed by atoms with E-state index in [2.05, 4.69) is 4.99 Å². The van der Waals surface area contributed by atoms with Gasteiger partial charge in [-0.25, -0.2) is 8.42 Å². The smallest absolute Gasteiger partial charge is 0.244 e. The molecule has 2 atom stereocenters. The fourth-order valence-corrected chi connectivity index (χ4v) is 6.81. The number of anilines is 1. The first-order chi connectivity index (χ1) is 9.87. The molecule has 0 aliphatic carbocycles. The van der Waals surface area contributed by atoms with Crippen LogP contribution in [-0.2, 0) is 14.6 Å². The SMILES string of the molecule is CC(=O)N=C1S[C@@H]2CS(=O)(=O)C[C@@H]2N1c1ccccc1Cl. The largest absolute Gasteiger partial charge is 0.314 e. The number of carbonyl (C=O) groups is 1. The Kier molecular flexibility index (Phi) is 3.75. The molecule has 8 heteroatoms. The van der Waals surface area contributed by atoms with E-state index in [-0.39, 0.29) is 28.7 Å². The molecule has 5 nitrogen and oxygen atoms in total. The van der Waals surface area contributed by atoms with Gasteiger partial charge in [-0.3, -0.25) is 4.79 Å². The average Bonchev–Trinajstić information content (AvgIpc) is 2.81. The van der Waals surface area contributed by atoms with Crippen molar-refractivity contribution in [3.8, 4) is 0 Å². The second-order valence-electron chi connectivity index (χ2n) is 5.04. The summed E-state index contributed by atoms with van der Waals surface area (Å²) in [5.41, 5.74) is 0.691. The minimum Gasteiger partial charge on any atom is -0.314 e. The number of halogens is 1. The number of thioether (sulfide) groups is 1. The van der Waals surface area contributed by atoms with E-state index >= 15 is 0 Å². The summed E-state index contributed by atoms with van der Waals surface area (Å²) in [7, 11) is -3.06. The molecule has 3 rings (SSSR count). The molecule has 0 saturated carbocycles. The summed E-state index contributed by atoms with van der Waals surface area (Å²) >= 11 is 7.57. The van der Waals surface area contributed by atoms with E-state index in [9.17, 15) is 13.2 Å². The van der Waals surface area contributed by atoms with E-state index in [1.807, 2.05) is 12.1 Å². The summed E-state index contributed by atoms with van der Waals surface area (Å²) in [6, 6.07) is 6.96. The molecule has 2 aliphatic rings. The summed E-state index contributed by atoms with van der Waals surface area (Å²) in [5, 5.41) is 0.934. The zero-order valence-corrected chi connectivity index (χ0v) is 13.6. The van der Waals surface area contributed by atoms with Crippen LogP contribution in [0.4, 0.5) is 5.69 Å². The first kappa shape index (κ1) is 14.9. The van der Waals surface area contributed by atoms with Gasteiger partial charge in [0.25, 0.3) is 0 Å². The van der Waals surface area contributed by atoms with Gasteiger partial charge in [0.15, 0.2) is 15.0 Å². The fourth-order valence-electron chi connectivity index (χ4n) is 2.63. The second kappa shape index (κ2) is 5.30. The zero-order valence-electron chi connectivity index (χ0n) is 11.2. The maximum absolute atomic E-state index is 11.9. The van der Waals surface area contributed by atoms with Crippen LogP contribution in [-0.4, -0.2) is 42.3 Å². The Morgan fingerprint density at radius 2 is 2.10 bits per heavy atom. The number of nitrogens with zero attached hydrogens (tertiary/aromatic N) is 2. The van der Waals surface area contributed by atoms with Crippen molar-refractivity contribution in [3.05, 3.63) is 29.3 Å². The number of para-hydroxylation sites is 1. The lowest BCUT2D eigenvalue weighted by Gasteiger charge is -2.25. The van der Waals surface area contributed by atoms with Crippen molar-refractivity contribution in [3.63, 3.8) is 0 Å². The van der Waals surface area contributed by atoms with Gasteiger partial charge in [-0.15, -0.1) is 0 Å². The Morgan fingerprint density at radius 3 is 2.76 bits per heavy atom. The number of rotatable bonds is 1. The molecule has 0 N–H and O–H groups in total. The van der Waals surface area contributed by atoms with Gasteiger partial charge in [0.1, 0.15) is 0 Å². The second-order valence-corrected chi connectivity index (χ2v) is 8.80. The van der Waals surface area contributed by atoms with Crippen LogP contribution in [0, 0.1) is 0 Å². The molecule has 112 valence electrons. The van der Waals surface area contributed by atoms with Crippen molar-refractivity contribution >= 4 is 50.0 Å². The Morgan fingerprint density at radius 1 is 1.38 bits per heavy atom. The lowest BCUT2D eigenvalue weighted by atomic mass is 10.2. The van der Waals surface area contributed by atoms with E-state index in [0.717, 1.165) is 0 Å². The van der Waals surface area contributed by atoms with Gasteiger partial charge in [-0.2, -0.15) is 4.99 Å². The van der Waals surface area contributed by atoms with Gasteiger partial charge in [0.05, 0.1) is 28.3 Å². The third-order valence-electron chi connectivity index (χ3n) is 3.43. The molecule has 0 bridgehead atoms. The first-order valence-corrected chi connectivity index (χ1v) is 9.45. The van der Waals surface area contributed by atoms with E-state index in [1.165, 1.54) is 18.7 Å². The number of amidine groups is 1. The number of amides is 1. The number of fused-ring (bicyclic) bond motifs is 1. The quantitative estimate of drug-likeness (QED) is 0.779. The summed E-state index contributed by atoms with van der Waals surface area (Å²) in [5.74, 6) is -0.134. The van der Waals surface area contributed by atoms with Crippen molar-refractivity contribution < 1.29 is 13.2 Å². The molecule has 0 spiro atoms. The molecular formula is C13H13ClN2O3S2. The first-order valence-electron chi connectivity index (χ1n) is 6.37. The molecular weight excluding hydrogens is 332 g/mol. The van der Waals surface area contributed by atoms with E-state index in [4.69, 9.17) is 11.6 Å². The third-order valence-corrected chi connectivity index (χ3v) is 6.96. The summed E-state index contributed by atoms with van der Waals surface area (Å²) in [6.45, 7) is 1.38. The molecule has 1 amide bonds. The maximum Gasteiger partial charge on any atom is 0.244 e. The highest BCUT2D eigenvalue weighted by Gasteiger charge is 2.49. The van der Waals surface area contributed by atoms with Gasteiger partial charge in [-0.05, 0) is 12.1 Å². The van der Waals surface area contributed by atoms with Crippen molar-refractivity contribution in [2.45, 2.75) is 18.2 Å². The standard InChI is InChI=1S/C13H13ClN2O3S2/c1-8(17)15-13-16(10-5-3-2-4-9(10)14)11-6-21(18,19)7-12(11)20-13/h2-5,11-12H,6-7H2,1H3/t11-,12+/m0/s1. The van der Waals surface area contributed by atoms with Crippen LogP contribution >= 0.6 is 23.4 Å². The Labute approximate surface area is 132 Å². The van der Waals surface area contributed by atoms with Crippen molar-refractivity contribution in [1.82, 2.24) is 0 Å². The number of carbonyl (C=O) groups excluding carboxylic acids is 1. The summed E-state index contributed by atoms with van der Waals surface area (Å²) < 4.78 is 23.7. The summed E-state index contributed by atoms with van der Waals surface area (Å²) in [6.07, 6.45) is 0. The molecule has 2 aliphatic heterocycles. The van der Waals surface area contributed by atoms with Gasteiger partial charge < -0.3 is 4.90 Å². The van der Waals surface area contributed by atoms with Crippen molar-refractivity contribution in [2.75, 3.05) is 16.4 Å². The van der Waals surface area contributed by atoms with Gasteiger partial charge in [0, 0.05) is 12.2 Å². The van der Waals surface area contributed by atoms with Crippen molar-refractivity contribution in [2.24, 2.45) is 4.99 Å². The highest BCUT2D eigenvalue weighted by atomic mass is 35.5. The summed E-state index contributed by atoms with van der Waals surface area (Å²) in [4.78, 5) is 17.1. The van der Waals surface area contributed by atoms with Crippen LogP contribution in [0.5, 0.6) is 0 Å². The molecule has 2 saturated heterocycles. The van der Waals surface area contributed by atoms with Crippen LogP contribution in [0.25, 0.3) is 0 Å². The molecule has 2 fully saturated rings. The molecule has 21 heavy (non-hydrogen) atoms. The predicted molar refractivity (Wildman–Crippen MR) is 85.9 cm³/mol. The number of sulfone groups is 1. The maximum atomic E-state index is 11.9. The van der Waals surface area contributed by atoms with Gasteiger partial charge in [0.2, 0.25) is 5.91 Å². The topological polar surface area (TPSA) is 66.8 Å². The van der Waals surface area contributed by atoms with Crippen LogP contribution in [0.3, 0.4) is 0 Å². The van der Waals surface area contributed by atoms with Crippen molar-refractivity contribution in [1.29, 1.82) is 0 Å². The lowest BCUT2D eigenvalue weighted by Crippen LogP contribution is -2.37. The fraction of sp³-hybridized carbons (Fsp3) is 0.385.